The van der Waals surface area contributed by atoms with Crippen molar-refractivity contribution in [3.05, 3.63) is 87.3 Å². The largest absolute Gasteiger partial charge is 0.295 e. The lowest BCUT2D eigenvalue weighted by Crippen LogP contribution is -2.17. The van der Waals surface area contributed by atoms with Crippen LogP contribution in [0.1, 0.15) is 11.3 Å². The molecule has 5 nitrogen and oxygen atoms in total. The lowest BCUT2D eigenvalue weighted by molar-refractivity contribution is 0.841. The van der Waals surface area contributed by atoms with Gasteiger partial charge in [-0.3, -0.25) is 14.9 Å². The van der Waals surface area contributed by atoms with E-state index in [0.717, 1.165) is 33.9 Å². The standard InChI is InChI=1S/C22H15ClN4OS/c1-14-18(12-25-16-9-10-21(29-13-24)19(23)11-16)22(28)27(26-14)20-8-4-6-15-5-2-3-7-17(15)20/h2-12,26H,1H3. The number of aryl methyl sites for hydroxylation is 1. The number of fused-ring (bicyclic) bond motifs is 1. The van der Waals surface area contributed by atoms with E-state index in [1.807, 2.05) is 54.8 Å². The Labute approximate surface area is 176 Å². The zero-order valence-corrected chi connectivity index (χ0v) is 17.0. The van der Waals surface area contributed by atoms with Gasteiger partial charge < -0.3 is 0 Å². The van der Waals surface area contributed by atoms with Crippen LogP contribution in [0.3, 0.4) is 0 Å². The van der Waals surface area contributed by atoms with Gasteiger partial charge in [0, 0.05) is 22.2 Å². The van der Waals surface area contributed by atoms with Gasteiger partial charge in [0.05, 0.1) is 22.0 Å². The molecule has 0 radical (unpaired) electrons. The number of hydrogen-bond donors (Lipinski definition) is 1. The van der Waals surface area contributed by atoms with Crippen LogP contribution in [0.2, 0.25) is 5.02 Å². The average Bonchev–Trinajstić information content (AvgIpc) is 3.01. The Morgan fingerprint density at radius 1 is 1.17 bits per heavy atom. The molecule has 7 heteroatoms. The fourth-order valence-corrected chi connectivity index (χ4v) is 3.81. The topological polar surface area (TPSA) is 73.9 Å². The molecular weight excluding hydrogens is 404 g/mol. The van der Waals surface area contributed by atoms with Crippen LogP contribution >= 0.6 is 23.4 Å². The summed E-state index contributed by atoms with van der Waals surface area (Å²) in [6, 6.07) is 18.9. The molecule has 0 amide bonds. The third-order valence-corrected chi connectivity index (χ3v) is 5.63. The number of nitrogens with zero attached hydrogens (tertiary/aromatic N) is 3. The van der Waals surface area contributed by atoms with Crippen molar-refractivity contribution in [2.75, 3.05) is 0 Å². The normalized spacial score (nSPS) is 11.2. The number of rotatable bonds is 4. The third-order valence-electron chi connectivity index (χ3n) is 4.54. The number of nitriles is 1. The Morgan fingerprint density at radius 2 is 1.97 bits per heavy atom. The molecule has 0 atom stereocenters. The Morgan fingerprint density at radius 3 is 2.76 bits per heavy atom. The molecule has 4 rings (SSSR count). The minimum Gasteiger partial charge on any atom is -0.295 e. The average molecular weight is 419 g/mol. The minimum absolute atomic E-state index is 0.176. The number of hydrogen-bond acceptors (Lipinski definition) is 4. The van der Waals surface area contributed by atoms with Crippen molar-refractivity contribution in [1.82, 2.24) is 9.78 Å². The summed E-state index contributed by atoms with van der Waals surface area (Å²) in [6.45, 7) is 1.84. The highest BCUT2D eigenvalue weighted by Crippen LogP contribution is 2.30. The highest BCUT2D eigenvalue weighted by molar-refractivity contribution is 8.03. The molecule has 29 heavy (non-hydrogen) atoms. The second kappa shape index (κ2) is 8.00. The number of aromatic nitrogens is 2. The van der Waals surface area contributed by atoms with Gasteiger partial charge in [-0.15, -0.1) is 0 Å². The second-order valence-corrected chi connectivity index (χ2v) is 7.59. The summed E-state index contributed by atoms with van der Waals surface area (Å²) in [6.07, 6.45) is 1.54. The highest BCUT2D eigenvalue weighted by atomic mass is 35.5. The van der Waals surface area contributed by atoms with E-state index in [4.69, 9.17) is 16.9 Å². The lowest BCUT2D eigenvalue weighted by atomic mass is 10.1. The molecule has 0 fully saturated rings. The van der Waals surface area contributed by atoms with Gasteiger partial charge in [0.15, 0.2) is 0 Å². The van der Waals surface area contributed by atoms with Crippen LogP contribution in [0.4, 0.5) is 5.69 Å². The van der Waals surface area contributed by atoms with Gasteiger partial charge in [-0.25, -0.2) is 4.68 Å². The van der Waals surface area contributed by atoms with Gasteiger partial charge in [-0.2, -0.15) is 5.26 Å². The first-order valence-corrected chi connectivity index (χ1v) is 9.97. The Hall–Kier alpha value is -3.27. The molecule has 0 spiro atoms. The number of aromatic amines is 1. The smallest absolute Gasteiger partial charge is 0.280 e. The quantitative estimate of drug-likeness (QED) is 0.266. The van der Waals surface area contributed by atoms with Gasteiger partial charge in [-0.1, -0.05) is 48.0 Å². The van der Waals surface area contributed by atoms with E-state index in [0.29, 0.717) is 21.2 Å². The molecule has 1 N–H and O–H groups in total. The summed E-state index contributed by atoms with van der Waals surface area (Å²) in [5.74, 6) is 0. The first-order valence-electron chi connectivity index (χ1n) is 8.78. The molecule has 0 aliphatic rings. The van der Waals surface area contributed by atoms with Gasteiger partial charge in [-0.05, 0) is 48.3 Å². The fraction of sp³-hybridized carbons (Fsp3) is 0.0455. The molecule has 1 heterocycles. The highest BCUT2D eigenvalue weighted by Gasteiger charge is 2.13. The number of halogens is 1. The van der Waals surface area contributed by atoms with E-state index in [2.05, 4.69) is 10.1 Å². The summed E-state index contributed by atoms with van der Waals surface area (Å²) in [7, 11) is 0. The maximum absolute atomic E-state index is 13.0. The van der Waals surface area contributed by atoms with E-state index >= 15 is 0 Å². The Kier molecular flexibility index (Phi) is 5.26. The maximum atomic E-state index is 13.0. The molecule has 3 aromatic carbocycles. The maximum Gasteiger partial charge on any atom is 0.280 e. The zero-order chi connectivity index (χ0) is 20.4. The van der Waals surface area contributed by atoms with Crippen molar-refractivity contribution in [3.8, 4) is 11.1 Å². The molecular formula is C22H15ClN4OS. The minimum atomic E-state index is -0.176. The summed E-state index contributed by atoms with van der Waals surface area (Å²) >= 11 is 7.17. The third kappa shape index (κ3) is 3.70. The monoisotopic (exact) mass is 418 g/mol. The van der Waals surface area contributed by atoms with Crippen molar-refractivity contribution in [1.29, 1.82) is 5.26 Å². The molecule has 142 valence electrons. The van der Waals surface area contributed by atoms with Crippen LogP contribution in [-0.4, -0.2) is 16.0 Å². The van der Waals surface area contributed by atoms with Crippen LogP contribution in [0.25, 0.3) is 16.5 Å². The summed E-state index contributed by atoms with van der Waals surface area (Å²) in [4.78, 5) is 18.1. The van der Waals surface area contributed by atoms with Gasteiger partial charge in [0.2, 0.25) is 0 Å². The van der Waals surface area contributed by atoms with Gasteiger partial charge >= 0.3 is 0 Å². The van der Waals surface area contributed by atoms with E-state index in [9.17, 15) is 4.79 Å². The van der Waals surface area contributed by atoms with Gasteiger partial charge in [0.25, 0.3) is 5.56 Å². The van der Waals surface area contributed by atoms with Crippen LogP contribution < -0.4 is 5.56 Å². The van der Waals surface area contributed by atoms with E-state index < -0.39 is 0 Å². The summed E-state index contributed by atoms with van der Waals surface area (Å²) < 4.78 is 1.54. The molecule has 4 aromatic rings. The number of thiocyanates is 1. The van der Waals surface area contributed by atoms with E-state index in [1.54, 1.807) is 29.1 Å². The second-order valence-electron chi connectivity index (χ2n) is 6.36. The number of H-pyrrole nitrogens is 1. The lowest BCUT2D eigenvalue weighted by Gasteiger charge is -2.06. The Bertz CT molecular complexity index is 1340. The summed E-state index contributed by atoms with van der Waals surface area (Å²) in [5, 5.41) is 16.4. The fourth-order valence-electron chi connectivity index (χ4n) is 3.13. The number of benzene rings is 3. The molecule has 1 aromatic heterocycles. The van der Waals surface area contributed by atoms with E-state index in [-0.39, 0.29) is 5.56 Å². The number of nitrogens with one attached hydrogen (secondary N) is 1. The van der Waals surface area contributed by atoms with Crippen LogP contribution in [0.15, 0.2) is 75.3 Å². The van der Waals surface area contributed by atoms with E-state index in [1.165, 1.54) is 0 Å². The molecule has 0 aliphatic carbocycles. The number of thioether (sulfide) groups is 1. The van der Waals surface area contributed by atoms with Gasteiger partial charge in [0.1, 0.15) is 5.40 Å². The molecule has 0 aliphatic heterocycles. The summed E-state index contributed by atoms with van der Waals surface area (Å²) in [5.41, 5.74) is 2.41. The molecule has 0 saturated carbocycles. The first-order chi connectivity index (χ1) is 14.1. The van der Waals surface area contributed by atoms with Crippen LogP contribution in [-0.2, 0) is 0 Å². The van der Waals surface area contributed by atoms with Crippen LogP contribution in [0.5, 0.6) is 0 Å². The van der Waals surface area contributed by atoms with Crippen molar-refractivity contribution in [2.24, 2.45) is 4.99 Å². The van der Waals surface area contributed by atoms with Crippen molar-refractivity contribution < 1.29 is 0 Å². The predicted octanol–water partition coefficient (Wildman–Crippen LogP) is 5.60. The van der Waals surface area contributed by atoms with Crippen molar-refractivity contribution in [2.45, 2.75) is 11.8 Å². The zero-order valence-electron chi connectivity index (χ0n) is 15.4. The molecule has 0 saturated heterocycles. The molecule has 0 bridgehead atoms. The Balaban J connectivity index is 1.73. The predicted molar refractivity (Wildman–Crippen MR) is 119 cm³/mol. The number of aliphatic imine (C=N–C) groups is 1. The molecule has 0 unspecified atom stereocenters. The van der Waals surface area contributed by atoms with Crippen LogP contribution in [0, 0.1) is 17.6 Å². The first kappa shape index (κ1) is 19.1. The van der Waals surface area contributed by atoms with Crippen molar-refractivity contribution >= 4 is 46.0 Å². The SMILES string of the molecule is Cc1[nH]n(-c2cccc3ccccc23)c(=O)c1C=Nc1ccc(SC#N)c(Cl)c1. The van der Waals surface area contributed by atoms with Crippen molar-refractivity contribution in [3.63, 3.8) is 0 Å².